The van der Waals surface area contributed by atoms with Crippen LogP contribution < -0.4 is 26.9 Å². The predicted molar refractivity (Wildman–Crippen MR) is 132 cm³/mol. The maximum absolute atomic E-state index is 13.5. The van der Waals surface area contributed by atoms with Crippen molar-refractivity contribution in [1.82, 2.24) is 14.3 Å². The molecule has 0 atom stereocenters. The molecule has 2 aromatic carbocycles. The SMILES string of the molecule is COc1ccc(-c2c(C(=O)Nc3c(C)n(C)n(-c4ccccc4)c3=O)c(N)[nH]c(=O)c2C#N)cc1. The van der Waals surface area contributed by atoms with Crippen molar-refractivity contribution in [1.29, 1.82) is 5.26 Å². The standard InChI is InChI=1S/C25H22N6O4/c1-14-21(25(34)31(30(14)2)16-7-5-4-6-8-16)28-24(33)20-19(15-9-11-17(35-3)12-10-15)18(13-26)23(32)29-22(20)27/h4-12H,1-3H3,(H,28,33)(H3,27,29,32). The number of aromatic amines is 1. The van der Waals surface area contributed by atoms with Crippen molar-refractivity contribution in [2.45, 2.75) is 6.92 Å². The van der Waals surface area contributed by atoms with E-state index in [0.717, 1.165) is 0 Å². The average Bonchev–Trinajstić information content (AvgIpc) is 3.07. The number of rotatable bonds is 5. The van der Waals surface area contributed by atoms with E-state index in [1.54, 1.807) is 67.2 Å². The fraction of sp³-hybridized carbons (Fsp3) is 0.120. The number of hydrogen-bond acceptors (Lipinski definition) is 6. The summed E-state index contributed by atoms with van der Waals surface area (Å²) in [6, 6.07) is 17.3. The number of methoxy groups -OCH3 is 1. The van der Waals surface area contributed by atoms with Gasteiger partial charge in [-0.3, -0.25) is 19.1 Å². The smallest absolute Gasteiger partial charge is 0.295 e. The Bertz CT molecular complexity index is 1590. The number of para-hydroxylation sites is 1. The van der Waals surface area contributed by atoms with Crippen molar-refractivity contribution in [3.63, 3.8) is 0 Å². The van der Waals surface area contributed by atoms with E-state index in [9.17, 15) is 19.6 Å². The minimum absolute atomic E-state index is 0.0474. The zero-order chi connectivity index (χ0) is 25.3. The normalized spacial score (nSPS) is 10.6. The molecular formula is C25H22N6O4. The van der Waals surface area contributed by atoms with Crippen molar-refractivity contribution >= 4 is 17.4 Å². The van der Waals surface area contributed by atoms with Crippen LogP contribution in [0.5, 0.6) is 5.75 Å². The molecule has 2 aromatic heterocycles. The zero-order valence-electron chi connectivity index (χ0n) is 19.2. The van der Waals surface area contributed by atoms with Crippen LogP contribution in [-0.2, 0) is 7.05 Å². The summed E-state index contributed by atoms with van der Waals surface area (Å²) < 4.78 is 8.21. The highest BCUT2D eigenvalue weighted by Gasteiger charge is 2.26. The van der Waals surface area contributed by atoms with Crippen LogP contribution in [0.3, 0.4) is 0 Å². The molecule has 0 aliphatic heterocycles. The van der Waals surface area contributed by atoms with Gasteiger partial charge in [0.1, 0.15) is 28.9 Å². The van der Waals surface area contributed by atoms with Gasteiger partial charge in [0.25, 0.3) is 17.0 Å². The molecular weight excluding hydrogens is 448 g/mol. The van der Waals surface area contributed by atoms with Crippen molar-refractivity contribution < 1.29 is 9.53 Å². The summed E-state index contributed by atoms with van der Waals surface area (Å²) >= 11 is 0. The Balaban J connectivity index is 1.87. The Labute approximate surface area is 199 Å². The average molecular weight is 470 g/mol. The van der Waals surface area contributed by atoms with Gasteiger partial charge in [-0.15, -0.1) is 0 Å². The van der Waals surface area contributed by atoms with Gasteiger partial charge in [0.15, 0.2) is 0 Å². The van der Waals surface area contributed by atoms with Crippen LogP contribution in [0.1, 0.15) is 21.6 Å². The minimum Gasteiger partial charge on any atom is -0.497 e. The van der Waals surface area contributed by atoms with Gasteiger partial charge in [-0.2, -0.15) is 5.26 Å². The number of pyridine rings is 1. The van der Waals surface area contributed by atoms with E-state index < -0.39 is 17.0 Å². The largest absolute Gasteiger partial charge is 0.497 e. The number of carbonyl (C=O) groups excluding carboxylic acids is 1. The molecule has 4 N–H and O–H groups in total. The first-order chi connectivity index (χ1) is 16.8. The van der Waals surface area contributed by atoms with Gasteiger partial charge in [-0.05, 0) is 36.8 Å². The number of carbonyl (C=O) groups is 1. The molecule has 2 heterocycles. The van der Waals surface area contributed by atoms with Crippen LogP contribution in [0.4, 0.5) is 11.5 Å². The minimum atomic E-state index is -0.743. The summed E-state index contributed by atoms with van der Waals surface area (Å²) in [6.45, 7) is 1.69. The Hall–Kier alpha value is -5.04. The number of nitrogens with one attached hydrogen (secondary N) is 2. The topological polar surface area (TPSA) is 148 Å². The fourth-order valence-corrected chi connectivity index (χ4v) is 3.90. The van der Waals surface area contributed by atoms with E-state index in [-0.39, 0.29) is 28.2 Å². The number of H-pyrrole nitrogens is 1. The van der Waals surface area contributed by atoms with E-state index in [1.165, 1.54) is 11.8 Å². The number of nitriles is 1. The van der Waals surface area contributed by atoms with Crippen molar-refractivity contribution in [3.8, 4) is 28.6 Å². The highest BCUT2D eigenvalue weighted by Crippen LogP contribution is 2.30. The molecule has 1 amide bonds. The number of nitrogen functional groups attached to an aromatic ring is 1. The van der Waals surface area contributed by atoms with Crippen LogP contribution in [0.15, 0.2) is 64.2 Å². The van der Waals surface area contributed by atoms with Crippen molar-refractivity contribution in [3.05, 3.63) is 92.1 Å². The second-order valence-electron chi connectivity index (χ2n) is 7.72. The first-order valence-corrected chi connectivity index (χ1v) is 10.5. The molecule has 0 aliphatic rings. The second kappa shape index (κ2) is 9.07. The second-order valence-corrected chi connectivity index (χ2v) is 7.72. The third-order valence-electron chi connectivity index (χ3n) is 5.75. The molecule has 0 unspecified atom stereocenters. The molecule has 0 spiro atoms. The van der Waals surface area contributed by atoms with Crippen LogP contribution in [0, 0.1) is 18.3 Å². The Morgan fingerprint density at radius 3 is 2.37 bits per heavy atom. The van der Waals surface area contributed by atoms with Crippen molar-refractivity contribution in [2.24, 2.45) is 7.05 Å². The summed E-state index contributed by atoms with van der Waals surface area (Å²) in [5.41, 5.74) is 6.13. The molecule has 0 saturated carbocycles. The molecule has 4 aromatic rings. The lowest BCUT2D eigenvalue weighted by Crippen LogP contribution is -2.26. The first kappa shape index (κ1) is 23.1. The van der Waals surface area contributed by atoms with Crippen molar-refractivity contribution in [2.75, 3.05) is 18.2 Å². The molecule has 10 heteroatoms. The third kappa shape index (κ3) is 3.95. The first-order valence-electron chi connectivity index (χ1n) is 10.5. The lowest BCUT2D eigenvalue weighted by Gasteiger charge is -2.14. The number of benzene rings is 2. The fourth-order valence-electron chi connectivity index (χ4n) is 3.90. The Morgan fingerprint density at radius 2 is 1.77 bits per heavy atom. The van der Waals surface area contributed by atoms with Gasteiger partial charge in [-0.1, -0.05) is 30.3 Å². The number of nitrogens with zero attached hydrogens (tertiary/aromatic N) is 3. The monoisotopic (exact) mass is 470 g/mol. The maximum Gasteiger partial charge on any atom is 0.295 e. The zero-order valence-corrected chi connectivity index (χ0v) is 19.2. The Morgan fingerprint density at radius 1 is 1.11 bits per heavy atom. The van der Waals surface area contributed by atoms with Gasteiger partial charge in [0.05, 0.1) is 24.1 Å². The van der Waals surface area contributed by atoms with E-state index >= 15 is 0 Å². The molecule has 0 bridgehead atoms. The number of nitrogens with two attached hydrogens (primary N) is 1. The molecule has 176 valence electrons. The van der Waals surface area contributed by atoms with Gasteiger partial charge in [-0.25, -0.2) is 4.68 Å². The quantitative estimate of drug-likeness (QED) is 0.408. The third-order valence-corrected chi connectivity index (χ3v) is 5.75. The summed E-state index contributed by atoms with van der Waals surface area (Å²) in [6.07, 6.45) is 0. The molecule has 0 aliphatic carbocycles. The van der Waals surface area contributed by atoms with Gasteiger partial charge in [0.2, 0.25) is 0 Å². The maximum atomic E-state index is 13.5. The van der Waals surface area contributed by atoms with E-state index in [0.29, 0.717) is 22.7 Å². The lowest BCUT2D eigenvalue weighted by molar-refractivity contribution is 0.102. The lowest BCUT2D eigenvalue weighted by atomic mass is 9.95. The number of aromatic nitrogens is 3. The summed E-state index contributed by atoms with van der Waals surface area (Å²) in [5.74, 6) is -0.418. The highest BCUT2D eigenvalue weighted by atomic mass is 16.5. The van der Waals surface area contributed by atoms with Gasteiger partial charge in [0, 0.05) is 12.6 Å². The summed E-state index contributed by atoms with van der Waals surface area (Å²) in [4.78, 5) is 41.5. The van der Waals surface area contributed by atoms with Crippen LogP contribution in [0.25, 0.3) is 16.8 Å². The molecule has 4 rings (SSSR count). The van der Waals surface area contributed by atoms with Gasteiger partial charge >= 0.3 is 0 Å². The van der Waals surface area contributed by atoms with Gasteiger partial charge < -0.3 is 20.8 Å². The molecule has 0 radical (unpaired) electrons. The highest BCUT2D eigenvalue weighted by molar-refractivity contribution is 6.12. The number of amides is 1. The van der Waals surface area contributed by atoms with Crippen LogP contribution >= 0.6 is 0 Å². The molecule has 10 nitrogen and oxygen atoms in total. The predicted octanol–water partition coefficient (Wildman–Crippen LogP) is 2.55. The summed E-state index contributed by atoms with van der Waals surface area (Å²) in [5, 5.41) is 12.3. The summed E-state index contributed by atoms with van der Waals surface area (Å²) in [7, 11) is 3.20. The van der Waals surface area contributed by atoms with E-state index in [2.05, 4.69) is 10.3 Å². The number of hydrogen-bond donors (Lipinski definition) is 3. The number of anilines is 2. The number of ether oxygens (including phenoxy) is 1. The van der Waals surface area contributed by atoms with Crippen LogP contribution in [0.2, 0.25) is 0 Å². The molecule has 0 saturated heterocycles. The van der Waals surface area contributed by atoms with E-state index in [1.807, 2.05) is 12.1 Å². The molecule has 35 heavy (non-hydrogen) atoms. The molecule has 0 fully saturated rings. The van der Waals surface area contributed by atoms with E-state index in [4.69, 9.17) is 10.5 Å². The van der Waals surface area contributed by atoms with Crippen LogP contribution in [-0.4, -0.2) is 27.4 Å². The Kier molecular flexibility index (Phi) is 5.99.